The number of aryl methyl sites for hydroxylation is 4. The number of hydrogen-bond acceptors (Lipinski definition) is 2. The first-order valence-electron chi connectivity index (χ1n) is 15.7. The Morgan fingerprint density at radius 1 is 0.568 bits per heavy atom. The summed E-state index contributed by atoms with van der Waals surface area (Å²) in [4.78, 5) is 0. The molecule has 0 aliphatic heterocycles. The van der Waals surface area contributed by atoms with Crippen molar-refractivity contribution in [2.45, 2.75) is 73.8 Å². The third-order valence-electron chi connectivity index (χ3n) is 9.13. The minimum absolute atomic E-state index is 0.00936. The summed E-state index contributed by atoms with van der Waals surface area (Å²) in [6, 6.07) is 32.4. The van der Waals surface area contributed by atoms with Gasteiger partial charge in [0.15, 0.2) is 0 Å². The van der Waals surface area contributed by atoms with Crippen molar-refractivity contribution in [3.8, 4) is 0 Å². The molecule has 2 atom stereocenters. The molecule has 232 valence electrons. The molecule has 0 bridgehead atoms. The van der Waals surface area contributed by atoms with Crippen LogP contribution in [0.25, 0.3) is 0 Å². The summed E-state index contributed by atoms with van der Waals surface area (Å²) in [5.74, 6) is 0. The molecule has 6 heteroatoms. The topological polar surface area (TPSA) is 58.2 Å². The van der Waals surface area contributed by atoms with E-state index in [1.807, 2.05) is 97.1 Å². The number of nitrogens with one attached hydrogen (secondary N) is 2. The van der Waals surface area contributed by atoms with E-state index in [9.17, 15) is 4.57 Å². The molecule has 0 radical (unpaired) electrons. The maximum Gasteiger partial charge on any atom is 0.204 e. The molecule has 1 aliphatic carbocycles. The Morgan fingerprint density at radius 3 is 1.27 bits per heavy atom. The fraction of sp³-hybridized carbons (Fsp3) is 0.368. The number of benzene rings is 4. The SMILES string of the molecule is Cc1ccc(P(=O)(NCC2(C)CC(NP(=O)(c3ccc(C)cc3)c3ccc(C)cc3)CC(C)(C)C2)c2ccc(C)cc2)cc1. The minimum Gasteiger partial charge on any atom is -0.297 e. The van der Waals surface area contributed by atoms with E-state index in [4.69, 9.17) is 0 Å². The molecule has 0 amide bonds. The third kappa shape index (κ3) is 7.21. The maximum atomic E-state index is 15.1. The molecule has 1 saturated carbocycles. The Kier molecular flexibility index (Phi) is 9.33. The highest BCUT2D eigenvalue weighted by molar-refractivity contribution is 7.77. The third-order valence-corrected chi connectivity index (χ3v) is 14.6. The molecule has 0 saturated heterocycles. The van der Waals surface area contributed by atoms with Crippen molar-refractivity contribution in [1.82, 2.24) is 10.2 Å². The van der Waals surface area contributed by atoms with Gasteiger partial charge in [-0.3, -0.25) is 19.3 Å². The van der Waals surface area contributed by atoms with Crippen molar-refractivity contribution in [3.05, 3.63) is 119 Å². The van der Waals surface area contributed by atoms with Gasteiger partial charge in [-0.2, -0.15) is 0 Å². The van der Waals surface area contributed by atoms with Gasteiger partial charge in [0.2, 0.25) is 14.6 Å². The molecule has 44 heavy (non-hydrogen) atoms. The predicted molar refractivity (Wildman–Crippen MR) is 189 cm³/mol. The van der Waals surface area contributed by atoms with Crippen LogP contribution in [0.15, 0.2) is 97.1 Å². The normalized spacial score (nSPS) is 20.4. The van der Waals surface area contributed by atoms with Gasteiger partial charge in [-0.1, -0.05) is 91.6 Å². The van der Waals surface area contributed by atoms with E-state index in [0.717, 1.165) is 62.7 Å². The number of hydrogen-bond donors (Lipinski definition) is 2. The van der Waals surface area contributed by atoms with E-state index in [1.165, 1.54) is 0 Å². The molecular formula is C38H48N2O2P2. The zero-order valence-corrected chi connectivity index (χ0v) is 29.1. The van der Waals surface area contributed by atoms with Crippen LogP contribution in [-0.2, 0) is 9.13 Å². The standard InChI is InChI=1S/C38H48N2O2P2/c1-28-8-16-33(17-9-28)43(41,34-18-10-29(2)11-19-34)39-27-38(7)25-32(24-37(5,6)26-38)40-44(42,35-20-12-30(3)13-21-35)36-22-14-31(4)15-23-36/h8-23,32H,24-27H2,1-7H3,(H,39,41)(H,40,42). The van der Waals surface area contributed by atoms with E-state index < -0.39 is 14.6 Å². The van der Waals surface area contributed by atoms with Crippen LogP contribution < -0.4 is 31.4 Å². The maximum absolute atomic E-state index is 15.1. The van der Waals surface area contributed by atoms with Crippen LogP contribution in [0.1, 0.15) is 62.3 Å². The monoisotopic (exact) mass is 626 g/mol. The Balaban J connectivity index is 1.46. The first-order chi connectivity index (χ1) is 20.7. The van der Waals surface area contributed by atoms with Gasteiger partial charge >= 0.3 is 0 Å². The van der Waals surface area contributed by atoms with Crippen LogP contribution in [0.4, 0.5) is 0 Å². The van der Waals surface area contributed by atoms with Crippen molar-refractivity contribution in [1.29, 1.82) is 0 Å². The molecule has 0 heterocycles. The van der Waals surface area contributed by atoms with Crippen LogP contribution in [0.3, 0.4) is 0 Å². The fourth-order valence-corrected chi connectivity index (χ4v) is 11.9. The first-order valence-corrected chi connectivity index (χ1v) is 19.1. The summed E-state index contributed by atoms with van der Waals surface area (Å²) in [5.41, 5.74) is 4.42. The summed E-state index contributed by atoms with van der Waals surface area (Å²) >= 11 is 0. The van der Waals surface area contributed by atoms with Gasteiger partial charge in [-0.05, 0) is 106 Å². The zero-order chi connectivity index (χ0) is 31.8. The van der Waals surface area contributed by atoms with Crippen LogP contribution in [0.2, 0.25) is 0 Å². The van der Waals surface area contributed by atoms with Crippen molar-refractivity contribution in [3.63, 3.8) is 0 Å². The van der Waals surface area contributed by atoms with Gasteiger partial charge in [0.05, 0.1) is 0 Å². The highest BCUT2D eigenvalue weighted by Crippen LogP contribution is 2.51. The second kappa shape index (κ2) is 12.6. The average molecular weight is 627 g/mol. The quantitative estimate of drug-likeness (QED) is 0.186. The van der Waals surface area contributed by atoms with Crippen molar-refractivity contribution < 1.29 is 9.13 Å². The summed E-state index contributed by atoms with van der Waals surface area (Å²) in [7, 11) is -6.23. The zero-order valence-electron chi connectivity index (χ0n) is 27.4. The molecule has 4 nitrogen and oxygen atoms in total. The van der Waals surface area contributed by atoms with Crippen molar-refractivity contribution in [2.75, 3.05) is 6.54 Å². The van der Waals surface area contributed by atoms with E-state index >= 15 is 4.57 Å². The van der Waals surface area contributed by atoms with E-state index in [2.05, 4.69) is 58.6 Å². The fourth-order valence-electron chi connectivity index (χ4n) is 7.07. The van der Waals surface area contributed by atoms with Crippen LogP contribution in [0.5, 0.6) is 0 Å². The molecule has 2 N–H and O–H groups in total. The Bertz CT molecular complexity index is 1580. The lowest BCUT2D eigenvalue weighted by Crippen LogP contribution is -2.49. The molecular weight excluding hydrogens is 578 g/mol. The van der Waals surface area contributed by atoms with Crippen LogP contribution >= 0.6 is 14.6 Å². The van der Waals surface area contributed by atoms with E-state index in [-0.39, 0.29) is 16.9 Å². The summed E-state index contributed by atoms with van der Waals surface area (Å²) in [5, 5.41) is 10.7. The molecule has 2 unspecified atom stereocenters. The van der Waals surface area contributed by atoms with E-state index in [1.54, 1.807) is 0 Å². The summed E-state index contributed by atoms with van der Waals surface area (Å²) in [6.45, 7) is 15.7. The highest BCUT2D eigenvalue weighted by atomic mass is 31.2. The van der Waals surface area contributed by atoms with Crippen LogP contribution in [0, 0.1) is 38.5 Å². The molecule has 4 aromatic carbocycles. The minimum atomic E-state index is -3.13. The molecule has 5 rings (SSSR count). The van der Waals surface area contributed by atoms with Gasteiger partial charge < -0.3 is 0 Å². The van der Waals surface area contributed by atoms with Gasteiger partial charge in [-0.25, -0.2) is 0 Å². The van der Waals surface area contributed by atoms with E-state index in [0.29, 0.717) is 6.54 Å². The lowest BCUT2D eigenvalue weighted by atomic mass is 9.63. The lowest BCUT2D eigenvalue weighted by Gasteiger charge is -2.48. The predicted octanol–water partition coefficient (Wildman–Crippen LogP) is 7.84. The van der Waals surface area contributed by atoms with Gasteiger partial charge in [0, 0.05) is 33.8 Å². The second-order valence-corrected chi connectivity index (χ2v) is 19.4. The Morgan fingerprint density at radius 2 is 0.909 bits per heavy atom. The lowest BCUT2D eigenvalue weighted by molar-refractivity contribution is 0.0821. The smallest absolute Gasteiger partial charge is 0.204 e. The first kappa shape index (κ1) is 32.6. The second-order valence-electron chi connectivity index (χ2n) is 14.3. The summed E-state index contributed by atoms with van der Waals surface area (Å²) in [6.07, 6.45) is 2.72. The van der Waals surface area contributed by atoms with Crippen molar-refractivity contribution >= 4 is 35.8 Å². The molecule has 0 aromatic heterocycles. The van der Waals surface area contributed by atoms with Crippen LogP contribution in [-0.4, -0.2) is 12.6 Å². The number of rotatable bonds is 9. The van der Waals surface area contributed by atoms with Gasteiger partial charge in [0.25, 0.3) is 0 Å². The molecule has 1 fully saturated rings. The Hall–Kier alpha value is -2.74. The van der Waals surface area contributed by atoms with Crippen molar-refractivity contribution in [2.24, 2.45) is 10.8 Å². The van der Waals surface area contributed by atoms with Gasteiger partial charge in [0.1, 0.15) is 0 Å². The summed E-state index contributed by atoms with van der Waals surface area (Å²) < 4.78 is 30.0. The molecule has 0 spiro atoms. The molecule has 1 aliphatic rings. The Labute approximate surface area is 264 Å². The highest BCUT2D eigenvalue weighted by Gasteiger charge is 2.44. The average Bonchev–Trinajstić information content (AvgIpc) is 2.96. The van der Waals surface area contributed by atoms with Gasteiger partial charge in [-0.15, -0.1) is 0 Å². The molecule has 4 aromatic rings. The largest absolute Gasteiger partial charge is 0.297 e.